The highest BCUT2D eigenvalue weighted by atomic mass is 32.2. The van der Waals surface area contributed by atoms with Gasteiger partial charge in [0.1, 0.15) is 0 Å². The third kappa shape index (κ3) is 2.16. The van der Waals surface area contributed by atoms with Crippen LogP contribution in [0, 0.1) is 0 Å². The van der Waals surface area contributed by atoms with Crippen molar-refractivity contribution in [3.63, 3.8) is 0 Å². The quantitative estimate of drug-likeness (QED) is 0.740. The van der Waals surface area contributed by atoms with Gasteiger partial charge in [0.25, 0.3) is 0 Å². The van der Waals surface area contributed by atoms with E-state index in [1.165, 1.54) is 13.1 Å². The van der Waals surface area contributed by atoms with Gasteiger partial charge in [0.05, 0.1) is 17.2 Å². The molecule has 6 heteroatoms. The Hall–Kier alpha value is -1.17. The number of aromatic nitrogens is 1. The van der Waals surface area contributed by atoms with E-state index in [4.69, 9.17) is 4.42 Å². The molecule has 2 rings (SSSR count). The smallest absolute Gasteiger partial charge is 0.196 e. The first kappa shape index (κ1) is 11.3. The molecule has 1 aromatic heterocycles. The number of sulfone groups is 1. The molecule has 16 heavy (non-hydrogen) atoms. The van der Waals surface area contributed by atoms with Crippen LogP contribution in [0.3, 0.4) is 0 Å². The fourth-order valence-electron chi connectivity index (χ4n) is 1.85. The summed E-state index contributed by atoms with van der Waals surface area (Å²) < 4.78 is 28.3. The Balaban J connectivity index is 2.12. The van der Waals surface area contributed by atoms with Crippen LogP contribution in [0.25, 0.3) is 0 Å². The summed E-state index contributed by atoms with van der Waals surface area (Å²) >= 11 is 0. The molecule has 0 aliphatic carbocycles. The van der Waals surface area contributed by atoms with Crippen molar-refractivity contribution < 1.29 is 17.6 Å². The topological polar surface area (TPSA) is 77.2 Å². The van der Waals surface area contributed by atoms with E-state index >= 15 is 0 Å². The summed E-state index contributed by atoms with van der Waals surface area (Å²) in [6.45, 7) is 1.39. The molecule has 1 aliphatic rings. The zero-order valence-corrected chi connectivity index (χ0v) is 9.79. The van der Waals surface area contributed by atoms with Crippen molar-refractivity contribution in [3.8, 4) is 0 Å². The van der Waals surface area contributed by atoms with Crippen LogP contribution in [0.5, 0.6) is 0 Å². The van der Waals surface area contributed by atoms with Crippen LogP contribution < -0.4 is 0 Å². The highest BCUT2D eigenvalue weighted by molar-refractivity contribution is 7.92. The van der Waals surface area contributed by atoms with E-state index in [9.17, 15) is 13.2 Å². The molecule has 1 fully saturated rings. The third-order valence-electron chi connectivity index (χ3n) is 2.77. The summed E-state index contributed by atoms with van der Waals surface area (Å²) in [5.74, 6) is 0.567. The SMILES string of the molecule is CC(=O)c1cnc(CC2CCCS2(=O)=O)o1. The number of nitrogens with zero attached hydrogens (tertiary/aromatic N) is 1. The lowest BCUT2D eigenvalue weighted by atomic mass is 10.2. The Labute approximate surface area is 93.8 Å². The minimum absolute atomic E-state index is 0.186. The lowest BCUT2D eigenvalue weighted by molar-refractivity contribution is 0.0985. The largest absolute Gasteiger partial charge is 0.438 e. The van der Waals surface area contributed by atoms with Gasteiger partial charge in [0, 0.05) is 13.3 Å². The number of oxazole rings is 1. The van der Waals surface area contributed by atoms with Crippen LogP contribution in [-0.2, 0) is 16.3 Å². The molecule has 1 unspecified atom stereocenters. The first-order valence-corrected chi connectivity index (χ1v) is 6.88. The van der Waals surface area contributed by atoms with E-state index in [2.05, 4.69) is 4.98 Å². The number of rotatable bonds is 3. The predicted octanol–water partition coefficient (Wildman–Crippen LogP) is 0.997. The highest BCUT2D eigenvalue weighted by Gasteiger charge is 2.32. The van der Waals surface area contributed by atoms with Crippen LogP contribution >= 0.6 is 0 Å². The number of hydrogen-bond donors (Lipinski definition) is 0. The summed E-state index contributed by atoms with van der Waals surface area (Å²) in [5.41, 5.74) is 0. The summed E-state index contributed by atoms with van der Waals surface area (Å²) in [5, 5.41) is -0.397. The molecule has 5 nitrogen and oxygen atoms in total. The molecule has 0 aromatic carbocycles. The number of Topliss-reactive ketones (excluding diaryl/α,β-unsaturated/α-hetero) is 1. The number of carbonyl (C=O) groups excluding carboxylic acids is 1. The second-order valence-corrected chi connectivity index (χ2v) is 6.41. The lowest BCUT2D eigenvalue weighted by Gasteiger charge is -2.04. The Bertz CT molecular complexity index is 503. The molecule has 0 spiro atoms. The van der Waals surface area contributed by atoms with E-state index in [-0.39, 0.29) is 23.7 Å². The van der Waals surface area contributed by atoms with Gasteiger partial charge in [0.15, 0.2) is 27.3 Å². The Morgan fingerprint density at radius 2 is 2.38 bits per heavy atom. The highest BCUT2D eigenvalue weighted by Crippen LogP contribution is 2.23. The van der Waals surface area contributed by atoms with Crippen molar-refractivity contribution in [2.45, 2.75) is 31.4 Å². The molecule has 1 aromatic rings. The van der Waals surface area contributed by atoms with Gasteiger partial charge < -0.3 is 4.42 Å². The molecule has 1 atom stereocenters. The first-order valence-electron chi connectivity index (χ1n) is 5.16. The van der Waals surface area contributed by atoms with Crippen LogP contribution in [-0.4, -0.2) is 30.2 Å². The zero-order chi connectivity index (χ0) is 11.8. The standard InChI is InChI=1S/C10H13NO4S/c1-7(12)9-6-11-10(15-9)5-8-3-2-4-16(8,13)14/h6,8H,2-5H2,1H3. The molecule has 0 N–H and O–H groups in total. The normalized spacial score (nSPS) is 23.4. The maximum absolute atomic E-state index is 11.6. The van der Waals surface area contributed by atoms with Gasteiger partial charge in [-0.05, 0) is 12.8 Å². The number of hydrogen-bond acceptors (Lipinski definition) is 5. The van der Waals surface area contributed by atoms with Crippen molar-refractivity contribution in [1.82, 2.24) is 4.98 Å². The molecule has 2 heterocycles. The minimum Gasteiger partial charge on any atom is -0.438 e. The average Bonchev–Trinajstić information content (AvgIpc) is 2.75. The van der Waals surface area contributed by atoms with E-state index in [0.717, 1.165) is 0 Å². The lowest BCUT2D eigenvalue weighted by Crippen LogP contribution is -2.18. The molecule has 0 bridgehead atoms. The molecule has 1 aliphatic heterocycles. The van der Waals surface area contributed by atoms with Crippen molar-refractivity contribution in [2.75, 3.05) is 5.75 Å². The summed E-state index contributed by atoms with van der Waals surface area (Å²) in [6.07, 6.45) is 2.97. The molecule has 0 saturated carbocycles. The van der Waals surface area contributed by atoms with Gasteiger partial charge in [-0.2, -0.15) is 0 Å². The summed E-state index contributed by atoms with van der Waals surface area (Å²) in [6, 6.07) is 0. The third-order valence-corrected chi connectivity index (χ3v) is 5.04. The Kier molecular flexibility index (Phi) is 2.84. The monoisotopic (exact) mass is 243 g/mol. The zero-order valence-electron chi connectivity index (χ0n) is 8.97. The maximum Gasteiger partial charge on any atom is 0.196 e. The first-order chi connectivity index (χ1) is 7.49. The molecule has 1 saturated heterocycles. The van der Waals surface area contributed by atoms with Crippen LogP contribution in [0.15, 0.2) is 10.6 Å². The van der Waals surface area contributed by atoms with Gasteiger partial charge in [-0.25, -0.2) is 13.4 Å². The van der Waals surface area contributed by atoms with Crippen molar-refractivity contribution in [3.05, 3.63) is 17.8 Å². The van der Waals surface area contributed by atoms with Gasteiger partial charge >= 0.3 is 0 Å². The summed E-state index contributed by atoms with van der Waals surface area (Å²) in [4.78, 5) is 14.9. The molecule has 0 amide bonds. The van der Waals surface area contributed by atoms with E-state index in [1.54, 1.807) is 0 Å². The molecular formula is C10H13NO4S. The maximum atomic E-state index is 11.6. The number of carbonyl (C=O) groups is 1. The van der Waals surface area contributed by atoms with Crippen molar-refractivity contribution >= 4 is 15.6 Å². The fourth-order valence-corrected chi connectivity index (χ4v) is 3.67. The van der Waals surface area contributed by atoms with Crippen LogP contribution in [0.2, 0.25) is 0 Å². The van der Waals surface area contributed by atoms with Crippen molar-refractivity contribution in [2.24, 2.45) is 0 Å². The molecule has 88 valence electrons. The molecule has 0 radical (unpaired) electrons. The minimum atomic E-state index is -2.98. The number of ketones is 1. The van der Waals surface area contributed by atoms with Gasteiger partial charge in [-0.15, -0.1) is 0 Å². The van der Waals surface area contributed by atoms with Gasteiger partial charge in [-0.1, -0.05) is 0 Å². The Morgan fingerprint density at radius 3 is 2.88 bits per heavy atom. The predicted molar refractivity (Wildman–Crippen MR) is 57.0 cm³/mol. The van der Waals surface area contributed by atoms with Crippen LogP contribution in [0.4, 0.5) is 0 Å². The molecular weight excluding hydrogens is 230 g/mol. The van der Waals surface area contributed by atoms with Gasteiger partial charge in [0.2, 0.25) is 0 Å². The van der Waals surface area contributed by atoms with E-state index in [1.807, 2.05) is 0 Å². The van der Waals surface area contributed by atoms with E-state index < -0.39 is 15.1 Å². The van der Waals surface area contributed by atoms with E-state index in [0.29, 0.717) is 18.7 Å². The second kappa shape index (κ2) is 4.01. The fraction of sp³-hybridized carbons (Fsp3) is 0.600. The second-order valence-electron chi connectivity index (χ2n) is 4.01. The Morgan fingerprint density at radius 1 is 1.62 bits per heavy atom. The average molecular weight is 243 g/mol. The van der Waals surface area contributed by atoms with Gasteiger partial charge in [-0.3, -0.25) is 4.79 Å². The van der Waals surface area contributed by atoms with Crippen LogP contribution in [0.1, 0.15) is 36.2 Å². The summed E-state index contributed by atoms with van der Waals surface area (Å²) in [7, 11) is -2.98. The van der Waals surface area contributed by atoms with Crippen molar-refractivity contribution in [1.29, 1.82) is 0 Å².